The first-order chi connectivity index (χ1) is 11.5. The summed E-state index contributed by atoms with van der Waals surface area (Å²) in [5.41, 5.74) is 1.12. The van der Waals surface area contributed by atoms with Crippen molar-refractivity contribution in [1.82, 2.24) is 5.32 Å². The smallest absolute Gasteiger partial charge is 0.261 e. The fourth-order valence-corrected chi connectivity index (χ4v) is 2.76. The Labute approximate surface area is 152 Å². The van der Waals surface area contributed by atoms with E-state index in [1.807, 2.05) is 54.6 Å². The fourth-order valence-electron chi connectivity index (χ4n) is 2.49. The van der Waals surface area contributed by atoms with E-state index in [9.17, 15) is 4.79 Å². The maximum absolute atomic E-state index is 12.5. The van der Waals surface area contributed by atoms with Crippen LogP contribution in [0.15, 0.2) is 59.1 Å². The summed E-state index contributed by atoms with van der Waals surface area (Å²) in [4.78, 5) is 12.5. The van der Waals surface area contributed by atoms with Gasteiger partial charge in [-0.15, -0.1) is 0 Å². The van der Waals surface area contributed by atoms with Gasteiger partial charge in [-0.05, 0) is 49.1 Å². The summed E-state index contributed by atoms with van der Waals surface area (Å²) in [5, 5.41) is 3.12. The molecule has 0 radical (unpaired) electrons. The molecule has 0 bridgehead atoms. The minimum absolute atomic E-state index is 0.00494. The highest BCUT2D eigenvalue weighted by atomic mass is 79.9. The van der Waals surface area contributed by atoms with Gasteiger partial charge in [0.05, 0.1) is 6.04 Å². The van der Waals surface area contributed by atoms with E-state index in [0.29, 0.717) is 11.7 Å². The van der Waals surface area contributed by atoms with Crippen LogP contribution in [0.4, 0.5) is 0 Å². The maximum atomic E-state index is 12.5. The predicted octanol–water partition coefficient (Wildman–Crippen LogP) is 5.12. The van der Waals surface area contributed by atoms with Gasteiger partial charge in [-0.3, -0.25) is 4.79 Å². The van der Waals surface area contributed by atoms with Crippen molar-refractivity contribution in [2.75, 3.05) is 0 Å². The second kappa shape index (κ2) is 8.88. The van der Waals surface area contributed by atoms with Gasteiger partial charge >= 0.3 is 0 Å². The fraction of sp³-hybridized carbons (Fsp3) is 0.350. The van der Waals surface area contributed by atoms with E-state index in [4.69, 9.17) is 4.74 Å². The Kier molecular flexibility index (Phi) is 6.85. The van der Waals surface area contributed by atoms with Gasteiger partial charge in [-0.1, -0.05) is 60.1 Å². The summed E-state index contributed by atoms with van der Waals surface area (Å²) in [6.45, 7) is 6.09. The van der Waals surface area contributed by atoms with Crippen LogP contribution < -0.4 is 10.1 Å². The van der Waals surface area contributed by atoms with E-state index in [0.717, 1.165) is 16.5 Å². The lowest BCUT2D eigenvalue weighted by Crippen LogP contribution is -2.39. The van der Waals surface area contributed by atoms with Crippen LogP contribution in [0.2, 0.25) is 0 Å². The molecular formula is C20H24BrNO2. The number of carbonyl (C=O) groups is 1. The molecule has 2 atom stereocenters. The molecule has 0 aliphatic carbocycles. The van der Waals surface area contributed by atoms with Crippen molar-refractivity contribution >= 4 is 21.8 Å². The van der Waals surface area contributed by atoms with Gasteiger partial charge in [0.1, 0.15) is 5.75 Å². The monoisotopic (exact) mass is 389 g/mol. The van der Waals surface area contributed by atoms with E-state index in [1.165, 1.54) is 0 Å². The van der Waals surface area contributed by atoms with Crippen LogP contribution in [0.3, 0.4) is 0 Å². The number of amides is 1. The maximum Gasteiger partial charge on any atom is 0.261 e. The molecule has 1 amide bonds. The Morgan fingerprint density at radius 3 is 2.25 bits per heavy atom. The highest BCUT2D eigenvalue weighted by Crippen LogP contribution is 2.22. The SMILES string of the molecule is CC(C)C[C@@H](NC(=O)[C@H](C)Oc1ccc(Br)cc1)c1ccccc1. The number of carbonyl (C=O) groups excluding carboxylic acids is 1. The van der Waals surface area contributed by atoms with Crippen LogP contribution in [-0.4, -0.2) is 12.0 Å². The van der Waals surface area contributed by atoms with E-state index in [-0.39, 0.29) is 11.9 Å². The Morgan fingerprint density at radius 1 is 1.04 bits per heavy atom. The van der Waals surface area contributed by atoms with Crippen molar-refractivity contribution in [3.63, 3.8) is 0 Å². The first-order valence-corrected chi connectivity index (χ1v) is 9.02. The number of rotatable bonds is 7. The van der Waals surface area contributed by atoms with Crippen molar-refractivity contribution in [3.05, 3.63) is 64.6 Å². The summed E-state index contributed by atoms with van der Waals surface area (Å²) in [7, 11) is 0. The molecule has 0 aromatic heterocycles. The van der Waals surface area contributed by atoms with Crippen molar-refractivity contribution in [1.29, 1.82) is 0 Å². The molecule has 0 saturated heterocycles. The number of hydrogen-bond donors (Lipinski definition) is 1. The minimum Gasteiger partial charge on any atom is -0.481 e. The van der Waals surface area contributed by atoms with Crippen LogP contribution in [0.25, 0.3) is 0 Å². The summed E-state index contributed by atoms with van der Waals surface area (Å²) in [6.07, 6.45) is 0.338. The van der Waals surface area contributed by atoms with Gasteiger partial charge in [0.2, 0.25) is 0 Å². The van der Waals surface area contributed by atoms with Gasteiger partial charge in [0.15, 0.2) is 6.10 Å². The number of halogens is 1. The van der Waals surface area contributed by atoms with E-state index in [2.05, 4.69) is 35.1 Å². The topological polar surface area (TPSA) is 38.3 Å². The Balaban J connectivity index is 2.02. The van der Waals surface area contributed by atoms with Gasteiger partial charge in [0, 0.05) is 4.47 Å². The molecule has 0 fully saturated rings. The van der Waals surface area contributed by atoms with E-state index >= 15 is 0 Å². The zero-order valence-electron chi connectivity index (χ0n) is 14.3. The Bertz CT molecular complexity index is 640. The van der Waals surface area contributed by atoms with Crippen LogP contribution in [0, 0.1) is 5.92 Å². The first kappa shape index (κ1) is 18.5. The second-order valence-corrected chi connectivity index (χ2v) is 7.23. The lowest BCUT2D eigenvalue weighted by molar-refractivity contribution is -0.128. The molecule has 0 unspecified atom stereocenters. The van der Waals surface area contributed by atoms with Crippen molar-refractivity contribution in [3.8, 4) is 5.75 Å². The van der Waals surface area contributed by atoms with Crippen molar-refractivity contribution in [2.45, 2.75) is 39.3 Å². The van der Waals surface area contributed by atoms with Gasteiger partial charge < -0.3 is 10.1 Å². The van der Waals surface area contributed by atoms with Gasteiger partial charge in [0.25, 0.3) is 5.91 Å². The number of hydrogen-bond acceptors (Lipinski definition) is 2. The molecule has 2 rings (SSSR count). The molecule has 2 aromatic carbocycles. The third-order valence-corrected chi connectivity index (χ3v) is 4.25. The lowest BCUT2D eigenvalue weighted by atomic mass is 9.97. The summed E-state index contributed by atoms with van der Waals surface area (Å²) in [5.74, 6) is 1.06. The van der Waals surface area contributed by atoms with Gasteiger partial charge in [-0.25, -0.2) is 0 Å². The van der Waals surface area contributed by atoms with E-state index < -0.39 is 6.10 Å². The number of nitrogens with one attached hydrogen (secondary N) is 1. The number of ether oxygens (including phenoxy) is 1. The average Bonchev–Trinajstić information content (AvgIpc) is 2.56. The zero-order chi connectivity index (χ0) is 17.5. The lowest BCUT2D eigenvalue weighted by Gasteiger charge is -2.23. The molecule has 0 saturated carbocycles. The first-order valence-electron chi connectivity index (χ1n) is 8.23. The van der Waals surface area contributed by atoms with Crippen LogP contribution in [0.1, 0.15) is 38.8 Å². The highest BCUT2D eigenvalue weighted by Gasteiger charge is 2.21. The van der Waals surface area contributed by atoms with Crippen molar-refractivity contribution < 1.29 is 9.53 Å². The second-order valence-electron chi connectivity index (χ2n) is 6.32. The molecule has 0 aliphatic heterocycles. The molecule has 2 aromatic rings. The molecule has 128 valence electrons. The molecule has 4 heteroatoms. The predicted molar refractivity (Wildman–Crippen MR) is 101 cm³/mol. The normalized spacial score (nSPS) is 13.4. The molecule has 3 nitrogen and oxygen atoms in total. The van der Waals surface area contributed by atoms with Crippen LogP contribution in [-0.2, 0) is 4.79 Å². The van der Waals surface area contributed by atoms with E-state index in [1.54, 1.807) is 6.92 Å². The molecule has 24 heavy (non-hydrogen) atoms. The summed E-state index contributed by atoms with van der Waals surface area (Å²) in [6, 6.07) is 17.5. The Hall–Kier alpha value is -1.81. The third kappa shape index (κ3) is 5.68. The average molecular weight is 390 g/mol. The third-order valence-electron chi connectivity index (χ3n) is 3.72. The number of benzene rings is 2. The molecular weight excluding hydrogens is 366 g/mol. The molecule has 0 heterocycles. The zero-order valence-corrected chi connectivity index (χ0v) is 15.9. The minimum atomic E-state index is -0.551. The highest BCUT2D eigenvalue weighted by molar-refractivity contribution is 9.10. The van der Waals surface area contributed by atoms with Crippen molar-refractivity contribution in [2.24, 2.45) is 5.92 Å². The Morgan fingerprint density at radius 2 is 1.67 bits per heavy atom. The molecule has 0 aliphatic rings. The van der Waals surface area contributed by atoms with Crippen LogP contribution in [0.5, 0.6) is 5.75 Å². The quantitative estimate of drug-likeness (QED) is 0.713. The summed E-state index contributed by atoms with van der Waals surface area (Å²) < 4.78 is 6.72. The molecule has 1 N–H and O–H groups in total. The standard InChI is InChI=1S/C20H24BrNO2/c1-14(2)13-19(16-7-5-4-6-8-16)22-20(23)15(3)24-18-11-9-17(21)10-12-18/h4-12,14-15,19H,13H2,1-3H3,(H,22,23)/t15-,19+/m0/s1. The molecule has 0 spiro atoms. The van der Waals surface area contributed by atoms with Gasteiger partial charge in [-0.2, -0.15) is 0 Å². The summed E-state index contributed by atoms with van der Waals surface area (Å²) >= 11 is 3.39. The van der Waals surface area contributed by atoms with Crippen LogP contribution >= 0.6 is 15.9 Å². The largest absolute Gasteiger partial charge is 0.481 e.